The van der Waals surface area contributed by atoms with Crippen molar-refractivity contribution in [3.05, 3.63) is 21.4 Å². The lowest BCUT2D eigenvalue weighted by molar-refractivity contribution is 0.0519. The van der Waals surface area contributed by atoms with Crippen LogP contribution in [-0.2, 0) is 15.9 Å². The van der Waals surface area contributed by atoms with E-state index in [1.165, 1.54) is 11.3 Å². The molecule has 0 saturated carbocycles. The Kier molecular flexibility index (Phi) is 8.09. The fraction of sp³-hybridized carbons (Fsp3) is 0.647. The van der Waals surface area contributed by atoms with E-state index in [-0.39, 0.29) is 11.2 Å². The molecule has 0 spiro atoms. The minimum atomic E-state index is -0.506. The first kappa shape index (κ1) is 20.8. The number of thiol groups is 1. The SMILES string of the molecule is CCOC(=O)c1cc(C)c(CC[C@@H](S)CNC(=O)OC(C)(C)C)s1. The molecule has 136 valence electrons. The van der Waals surface area contributed by atoms with Gasteiger partial charge in [-0.15, -0.1) is 11.3 Å². The van der Waals surface area contributed by atoms with Crippen molar-refractivity contribution in [2.45, 2.75) is 58.3 Å². The van der Waals surface area contributed by atoms with E-state index in [1.54, 1.807) is 6.92 Å². The maximum absolute atomic E-state index is 11.8. The second-order valence-corrected chi connectivity index (χ2v) is 8.38. The van der Waals surface area contributed by atoms with Gasteiger partial charge in [-0.05, 0) is 59.1 Å². The average Bonchev–Trinajstić information content (AvgIpc) is 2.83. The molecule has 0 saturated heterocycles. The fourth-order valence-corrected chi connectivity index (χ4v) is 3.29. The molecule has 0 fully saturated rings. The van der Waals surface area contributed by atoms with Crippen molar-refractivity contribution in [1.29, 1.82) is 0 Å². The van der Waals surface area contributed by atoms with Gasteiger partial charge in [0.05, 0.1) is 6.61 Å². The van der Waals surface area contributed by atoms with Crippen molar-refractivity contribution in [2.75, 3.05) is 13.2 Å². The van der Waals surface area contributed by atoms with E-state index >= 15 is 0 Å². The summed E-state index contributed by atoms with van der Waals surface area (Å²) in [5, 5.41) is 2.74. The van der Waals surface area contributed by atoms with E-state index in [0.717, 1.165) is 23.3 Å². The minimum absolute atomic E-state index is 0.0186. The Labute approximate surface area is 153 Å². The van der Waals surface area contributed by atoms with Gasteiger partial charge in [0.2, 0.25) is 0 Å². The normalized spacial score (nSPS) is 12.6. The van der Waals surface area contributed by atoms with Crippen LogP contribution in [0, 0.1) is 6.92 Å². The van der Waals surface area contributed by atoms with Crippen LogP contribution in [0.15, 0.2) is 6.07 Å². The third-order valence-corrected chi connectivity index (χ3v) is 4.80. The van der Waals surface area contributed by atoms with Crippen LogP contribution in [0.25, 0.3) is 0 Å². The Morgan fingerprint density at radius 2 is 2.04 bits per heavy atom. The molecule has 1 N–H and O–H groups in total. The molecule has 1 aromatic rings. The second kappa shape index (κ2) is 9.32. The van der Waals surface area contributed by atoms with Gasteiger partial charge < -0.3 is 14.8 Å². The Hall–Kier alpha value is -1.21. The molecule has 0 radical (unpaired) electrons. The molecule has 0 aliphatic rings. The summed E-state index contributed by atoms with van der Waals surface area (Å²) in [4.78, 5) is 25.1. The van der Waals surface area contributed by atoms with Gasteiger partial charge in [-0.25, -0.2) is 9.59 Å². The van der Waals surface area contributed by atoms with Gasteiger partial charge in [0, 0.05) is 16.7 Å². The van der Waals surface area contributed by atoms with Gasteiger partial charge in [-0.1, -0.05) is 0 Å². The maximum Gasteiger partial charge on any atom is 0.407 e. The Bertz CT molecular complexity index is 563. The molecule has 0 aliphatic carbocycles. The predicted molar refractivity (Wildman–Crippen MR) is 100 cm³/mol. The van der Waals surface area contributed by atoms with E-state index in [1.807, 2.05) is 33.8 Å². The number of rotatable bonds is 7. The number of amides is 1. The molecule has 0 aliphatic heterocycles. The van der Waals surface area contributed by atoms with Gasteiger partial charge >= 0.3 is 12.1 Å². The highest BCUT2D eigenvalue weighted by atomic mass is 32.1. The third kappa shape index (κ3) is 7.57. The first-order valence-corrected chi connectivity index (χ1v) is 9.37. The number of ether oxygens (including phenoxy) is 2. The summed E-state index contributed by atoms with van der Waals surface area (Å²) >= 11 is 5.97. The number of esters is 1. The minimum Gasteiger partial charge on any atom is -0.462 e. The maximum atomic E-state index is 11.8. The van der Waals surface area contributed by atoms with Gasteiger partial charge in [-0.2, -0.15) is 12.6 Å². The number of nitrogens with one attached hydrogen (secondary N) is 1. The highest BCUT2D eigenvalue weighted by Crippen LogP contribution is 2.25. The average molecular weight is 374 g/mol. The lowest BCUT2D eigenvalue weighted by Gasteiger charge is -2.20. The summed E-state index contributed by atoms with van der Waals surface area (Å²) < 4.78 is 10.2. The van der Waals surface area contributed by atoms with E-state index in [4.69, 9.17) is 9.47 Å². The van der Waals surface area contributed by atoms with Crippen LogP contribution >= 0.6 is 24.0 Å². The molecule has 24 heavy (non-hydrogen) atoms. The lowest BCUT2D eigenvalue weighted by atomic mass is 10.1. The van der Waals surface area contributed by atoms with Gasteiger partial charge in [0.1, 0.15) is 10.5 Å². The van der Waals surface area contributed by atoms with E-state index in [9.17, 15) is 9.59 Å². The largest absolute Gasteiger partial charge is 0.462 e. The molecule has 7 heteroatoms. The molecule has 5 nitrogen and oxygen atoms in total. The zero-order chi connectivity index (χ0) is 18.3. The standard InChI is InChI=1S/C17H27NO4S2/c1-6-21-15(19)14-9-11(2)13(24-14)8-7-12(23)10-18-16(20)22-17(3,4)5/h9,12,23H,6-8,10H2,1-5H3,(H,18,20)/t12-/m1/s1. The summed E-state index contributed by atoms with van der Waals surface area (Å²) in [5.41, 5.74) is 0.581. The van der Waals surface area contributed by atoms with Crippen molar-refractivity contribution in [3.8, 4) is 0 Å². The number of alkyl carbamates (subject to hydrolysis) is 1. The number of hydrogen-bond acceptors (Lipinski definition) is 6. The summed E-state index contributed by atoms with van der Waals surface area (Å²) in [6.07, 6.45) is 1.17. The van der Waals surface area contributed by atoms with Gasteiger partial charge in [-0.3, -0.25) is 0 Å². The molecule has 1 heterocycles. The first-order chi connectivity index (χ1) is 11.1. The van der Waals surface area contributed by atoms with Gasteiger partial charge in [0.25, 0.3) is 0 Å². The highest BCUT2D eigenvalue weighted by Gasteiger charge is 2.17. The summed E-state index contributed by atoms with van der Waals surface area (Å²) in [5.74, 6) is -0.272. The van der Waals surface area contributed by atoms with Crippen molar-refractivity contribution in [3.63, 3.8) is 0 Å². The zero-order valence-electron chi connectivity index (χ0n) is 15.0. The molecule has 0 bridgehead atoms. The molecule has 1 rings (SSSR count). The van der Waals surface area contributed by atoms with Crippen molar-refractivity contribution in [2.24, 2.45) is 0 Å². The van der Waals surface area contributed by atoms with E-state index < -0.39 is 11.7 Å². The molecule has 1 amide bonds. The molecule has 1 aromatic heterocycles. The highest BCUT2D eigenvalue weighted by molar-refractivity contribution is 7.81. The first-order valence-electron chi connectivity index (χ1n) is 8.03. The Morgan fingerprint density at radius 3 is 2.62 bits per heavy atom. The molecule has 1 atom stereocenters. The fourth-order valence-electron chi connectivity index (χ4n) is 1.99. The summed E-state index contributed by atoms with van der Waals surface area (Å²) in [7, 11) is 0. The monoisotopic (exact) mass is 373 g/mol. The predicted octanol–water partition coefficient (Wildman–Crippen LogP) is 3.99. The van der Waals surface area contributed by atoms with E-state index in [0.29, 0.717) is 18.0 Å². The molecule has 0 aromatic carbocycles. The smallest absolute Gasteiger partial charge is 0.407 e. The molecular formula is C17H27NO4S2. The van der Waals surface area contributed by atoms with Crippen molar-refractivity contribution in [1.82, 2.24) is 5.32 Å². The second-order valence-electron chi connectivity index (χ2n) is 6.51. The number of carbonyl (C=O) groups excluding carboxylic acids is 2. The third-order valence-electron chi connectivity index (χ3n) is 3.08. The number of hydrogen-bond donors (Lipinski definition) is 2. The van der Waals surface area contributed by atoms with Crippen LogP contribution in [0.2, 0.25) is 0 Å². The summed E-state index contributed by atoms with van der Waals surface area (Å²) in [6.45, 7) is 10.1. The Morgan fingerprint density at radius 1 is 1.38 bits per heavy atom. The lowest BCUT2D eigenvalue weighted by Crippen LogP contribution is -2.35. The van der Waals surface area contributed by atoms with Crippen LogP contribution in [0.4, 0.5) is 4.79 Å². The van der Waals surface area contributed by atoms with Crippen LogP contribution < -0.4 is 5.32 Å². The van der Waals surface area contributed by atoms with Crippen LogP contribution in [-0.4, -0.2) is 36.1 Å². The van der Waals surface area contributed by atoms with Crippen molar-refractivity contribution < 1.29 is 19.1 Å². The molecular weight excluding hydrogens is 346 g/mol. The Balaban J connectivity index is 2.43. The van der Waals surface area contributed by atoms with Crippen molar-refractivity contribution >= 4 is 36.0 Å². The topological polar surface area (TPSA) is 64.6 Å². The number of thiophene rings is 1. The van der Waals surface area contributed by atoms with Gasteiger partial charge in [0.15, 0.2) is 0 Å². The van der Waals surface area contributed by atoms with Crippen LogP contribution in [0.1, 0.15) is 54.2 Å². The van der Waals surface area contributed by atoms with E-state index in [2.05, 4.69) is 17.9 Å². The quantitative estimate of drug-likeness (QED) is 0.560. The number of aryl methyl sites for hydroxylation is 2. The van der Waals surface area contributed by atoms with Crippen LogP contribution in [0.5, 0.6) is 0 Å². The summed E-state index contributed by atoms with van der Waals surface area (Å²) in [6, 6.07) is 1.87. The van der Waals surface area contributed by atoms with Crippen LogP contribution in [0.3, 0.4) is 0 Å². The zero-order valence-corrected chi connectivity index (χ0v) is 16.7. The molecule has 0 unspecified atom stereocenters. The number of carbonyl (C=O) groups is 2.